The van der Waals surface area contributed by atoms with E-state index in [1.165, 1.54) is 44.2 Å². The Balaban J connectivity index is 1.95. The third-order valence-electron chi connectivity index (χ3n) is 4.22. The second-order valence-corrected chi connectivity index (χ2v) is 5.63. The quantitative estimate of drug-likeness (QED) is 0.823. The molecule has 1 aliphatic rings. The minimum absolute atomic E-state index is 0.0483. The van der Waals surface area contributed by atoms with E-state index < -0.39 is 11.6 Å². The maximum Gasteiger partial charge on any atom is 0.126 e. The number of benzene rings is 1. The Labute approximate surface area is 114 Å². The molecule has 1 unspecified atom stereocenters. The summed E-state index contributed by atoms with van der Waals surface area (Å²) in [6.07, 6.45) is 8.75. The fraction of sp³-hybridized carbons (Fsp3) is 0.625. The zero-order chi connectivity index (χ0) is 13.7. The second-order valence-electron chi connectivity index (χ2n) is 5.63. The van der Waals surface area contributed by atoms with Gasteiger partial charge in [0.1, 0.15) is 11.6 Å². The van der Waals surface area contributed by atoms with Crippen LogP contribution < -0.4 is 5.32 Å². The first-order valence-corrected chi connectivity index (χ1v) is 7.32. The van der Waals surface area contributed by atoms with Crippen LogP contribution in [0.3, 0.4) is 0 Å². The maximum absolute atomic E-state index is 13.3. The Bertz CT molecular complexity index is 379. The minimum atomic E-state index is -0.493. The van der Waals surface area contributed by atoms with Gasteiger partial charge < -0.3 is 5.32 Å². The van der Waals surface area contributed by atoms with Gasteiger partial charge >= 0.3 is 0 Å². The molecule has 1 nitrogen and oxygen atoms in total. The van der Waals surface area contributed by atoms with E-state index in [2.05, 4.69) is 5.32 Å². The molecular formula is C16H23F2N. The van der Waals surface area contributed by atoms with Gasteiger partial charge in [-0.1, -0.05) is 32.1 Å². The Morgan fingerprint density at radius 1 is 1.11 bits per heavy atom. The summed E-state index contributed by atoms with van der Waals surface area (Å²) < 4.78 is 26.5. The molecule has 0 heterocycles. The average Bonchev–Trinajstić information content (AvgIpc) is 2.39. The van der Waals surface area contributed by atoms with Crippen LogP contribution in [0.25, 0.3) is 0 Å². The number of hydrogen-bond donors (Lipinski definition) is 1. The molecule has 0 amide bonds. The van der Waals surface area contributed by atoms with E-state index in [-0.39, 0.29) is 6.04 Å². The molecule has 0 radical (unpaired) electrons. The maximum atomic E-state index is 13.3. The normalized spacial score (nSPS) is 18.5. The van der Waals surface area contributed by atoms with Gasteiger partial charge in [-0.2, -0.15) is 0 Å². The summed E-state index contributed by atoms with van der Waals surface area (Å²) in [5.41, 5.74) is 0.718. The molecule has 2 rings (SSSR count). The topological polar surface area (TPSA) is 12.0 Å². The van der Waals surface area contributed by atoms with Crippen molar-refractivity contribution in [2.45, 2.75) is 51.0 Å². The first-order valence-electron chi connectivity index (χ1n) is 7.32. The zero-order valence-electron chi connectivity index (χ0n) is 11.6. The first-order chi connectivity index (χ1) is 9.19. The zero-order valence-corrected chi connectivity index (χ0v) is 11.6. The van der Waals surface area contributed by atoms with Crippen molar-refractivity contribution < 1.29 is 8.78 Å². The third kappa shape index (κ3) is 4.27. The lowest BCUT2D eigenvalue weighted by Gasteiger charge is -2.24. The third-order valence-corrected chi connectivity index (χ3v) is 4.22. The molecule has 19 heavy (non-hydrogen) atoms. The molecule has 1 N–H and O–H groups in total. The summed E-state index contributed by atoms with van der Waals surface area (Å²) in [6.45, 7) is 0. The molecule has 1 atom stereocenters. The average molecular weight is 267 g/mol. The van der Waals surface area contributed by atoms with Crippen molar-refractivity contribution in [3.8, 4) is 0 Å². The van der Waals surface area contributed by atoms with E-state index in [4.69, 9.17) is 0 Å². The van der Waals surface area contributed by atoms with Crippen molar-refractivity contribution in [1.29, 1.82) is 0 Å². The molecule has 1 fully saturated rings. The summed E-state index contributed by atoms with van der Waals surface area (Å²) in [4.78, 5) is 0. The Morgan fingerprint density at radius 3 is 2.32 bits per heavy atom. The van der Waals surface area contributed by atoms with Gasteiger partial charge in [0, 0.05) is 12.1 Å². The summed E-state index contributed by atoms with van der Waals surface area (Å²) in [5, 5.41) is 3.18. The molecule has 1 aromatic carbocycles. The van der Waals surface area contributed by atoms with Crippen molar-refractivity contribution >= 4 is 0 Å². The Morgan fingerprint density at radius 2 is 1.74 bits per heavy atom. The van der Waals surface area contributed by atoms with E-state index in [1.54, 1.807) is 0 Å². The van der Waals surface area contributed by atoms with Gasteiger partial charge in [-0.3, -0.25) is 0 Å². The molecular weight excluding hydrogens is 244 g/mol. The lowest BCUT2D eigenvalue weighted by Crippen LogP contribution is -2.18. The summed E-state index contributed by atoms with van der Waals surface area (Å²) >= 11 is 0. The van der Waals surface area contributed by atoms with Crippen LogP contribution in [0.1, 0.15) is 56.6 Å². The van der Waals surface area contributed by atoms with Crippen molar-refractivity contribution in [3.63, 3.8) is 0 Å². The molecule has 106 valence electrons. The van der Waals surface area contributed by atoms with Crippen LogP contribution in [-0.2, 0) is 0 Å². The smallest absolute Gasteiger partial charge is 0.126 e. The van der Waals surface area contributed by atoms with E-state index in [1.807, 2.05) is 7.05 Å². The number of halogens is 2. The molecule has 1 aromatic rings. The molecule has 1 aliphatic carbocycles. The molecule has 3 heteroatoms. The van der Waals surface area contributed by atoms with Crippen molar-refractivity contribution in [2.24, 2.45) is 5.92 Å². The minimum Gasteiger partial charge on any atom is -0.313 e. The molecule has 0 spiro atoms. The highest BCUT2D eigenvalue weighted by molar-refractivity contribution is 5.21. The standard InChI is InChI=1S/C16H23F2N/c1-19-16(8-7-12-5-3-2-4-6-12)13-9-14(17)11-15(18)10-13/h9-12,16,19H,2-8H2,1H3. The lowest BCUT2D eigenvalue weighted by molar-refractivity contribution is 0.317. The summed E-state index contributed by atoms with van der Waals surface area (Å²) in [7, 11) is 1.86. The largest absolute Gasteiger partial charge is 0.313 e. The molecule has 1 saturated carbocycles. The summed E-state index contributed by atoms with van der Waals surface area (Å²) in [5.74, 6) is -0.191. The SMILES string of the molecule is CNC(CCC1CCCCC1)c1cc(F)cc(F)c1. The highest BCUT2D eigenvalue weighted by Gasteiger charge is 2.17. The van der Waals surface area contributed by atoms with E-state index >= 15 is 0 Å². The van der Waals surface area contributed by atoms with Crippen molar-refractivity contribution in [3.05, 3.63) is 35.4 Å². The van der Waals surface area contributed by atoms with Gasteiger partial charge in [0.05, 0.1) is 0 Å². The van der Waals surface area contributed by atoms with E-state index in [0.717, 1.165) is 30.4 Å². The number of rotatable bonds is 5. The van der Waals surface area contributed by atoms with Gasteiger partial charge in [0.2, 0.25) is 0 Å². The molecule has 0 saturated heterocycles. The van der Waals surface area contributed by atoms with Crippen molar-refractivity contribution in [1.82, 2.24) is 5.32 Å². The number of nitrogens with one attached hydrogen (secondary N) is 1. The van der Waals surface area contributed by atoms with E-state index in [0.29, 0.717) is 0 Å². The Kier molecular flexibility index (Phi) is 5.32. The molecule has 0 aliphatic heterocycles. The highest BCUT2D eigenvalue weighted by atomic mass is 19.1. The van der Waals surface area contributed by atoms with Gasteiger partial charge in [0.15, 0.2) is 0 Å². The van der Waals surface area contributed by atoms with E-state index in [9.17, 15) is 8.78 Å². The molecule has 0 aromatic heterocycles. The van der Waals surface area contributed by atoms with Gasteiger partial charge in [-0.15, -0.1) is 0 Å². The van der Waals surface area contributed by atoms with Crippen LogP contribution in [0.15, 0.2) is 18.2 Å². The predicted octanol–water partition coefficient (Wildman–Crippen LogP) is 4.59. The van der Waals surface area contributed by atoms with Crippen LogP contribution in [0, 0.1) is 17.6 Å². The van der Waals surface area contributed by atoms with Gasteiger partial charge in [-0.05, 0) is 43.5 Å². The summed E-state index contributed by atoms with van der Waals surface area (Å²) in [6, 6.07) is 3.85. The second kappa shape index (κ2) is 6.99. The van der Waals surface area contributed by atoms with Gasteiger partial charge in [-0.25, -0.2) is 8.78 Å². The van der Waals surface area contributed by atoms with Crippen LogP contribution >= 0.6 is 0 Å². The van der Waals surface area contributed by atoms with Crippen LogP contribution in [-0.4, -0.2) is 7.05 Å². The Hall–Kier alpha value is -0.960. The van der Waals surface area contributed by atoms with Crippen LogP contribution in [0.2, 0.25) is 0 Å². The highest BCUT2D eigenvalue weighted by Crippen LogP contribution is 2.30. The predicted molar refractivity (Wildman–Crippen MR) is 74.0 cm³/mol. The van der Waals surface area contributed by atoms with Crippen molar-refractivity contribution in [2.75, 3.05) is 7.05 Å². The monoisotopic (exact) mass is 267 g/mol. The fourth-order valence-electron chi connectivity index (χ4n) is 3.13. The fourth-order valence-corrected chi connectivity index (χ4v) is 3.13. The van der Waals surface area contributed by atoms with Crippen LogP contribution in [0.5, 0.6) is 0 Å². The number of hydrogen-bond acceptors (Lipinski definition) is 1. The van der Waals surface area contributed by atoms with Gasteiger partial charge in [0.25, 0.3) is 0 Å². The lowest BCUT2D eigenvalue weighted by atomic mass is 9.84. The first kappa shape index (κ1) is 14.4. The van der Waals surface area contributed by atoms with Crippen LogP contribution in [0.4, 0.5) is 8.78 Å². The molecule has 0 bridgehead atoms.